The van der Waals surface area contributed by atoms with Gasteiger partial charge in [0.05, 0.1) is 0 Å². The molecule has 1 aliphatic heterocycles. The molecule has 1 aromatic rings. The molecule has 1 aromatic carbocycles. The molecule has 2 rings (SSSR count). The number of rotatable bonds is 2. The lowest BCUT2D eigenvalue weighted by molar-refractivity contribution is 0.0461. The summed E-state index contributed by atoms with van der Waals surface area (Å²) in [6.07, 6.45) is 1.35. The van der Waals surface area contributed by atoms with E-state index in [1.165, 1.54) is 18.5 Å². The van der Waals surface area contributed by atoms with E-state index in [4.69, 9.17) is 5.73 Å². The summed E-state index contributed by atoms with van der Waals surface area (Å²) in [5, 5.41) is 0. The van der Waals surface area contributed by atoms with Gasteiger partial charge >= 0.3 is 0 Å². The first kappa shape index (κ1) is 13.4. The molecule has 0 aromatic heterocycles. The molecule has 1 aliphatic rings. The highest BCUT2D eigenvalue weighted by molar-refractivity contribution is 5.40. The number of benzene rings is 1. The molecule has 0 bridgehead atoms. The van der Waals surface area contributed by atoms with Crippen molar-refractivity contribution in [3.05, 3.63) is 29.8 Å². The average Bonchev–Trinajstić information content (AvgIpc) is 2.34. The lowest BCUT2D eigenvalue weighted by Gasteiger charge is -2.44. The van der Waals surface area contributed by atoms with Crippen LogP contribution in [0.2, 0.25) is 0 Å². The monoisotopic (exact) mass is 246 g/mol. The Balaban J connectivity index is 2.16. The highest BCUT2D eigenvalue weighted by Gasteiger charge is 2.31. The third kappa shape index (κ3) is 2.69. The van der Waals surface area contributed by atoms with Crippen molar-refractivity contribution in [3.8, 4) is 0 Å². The third-order valence-electron chi connectivity index (χ3n) is 4.56. The lowest BCUT2D eigenvalue weighted by atomic mass is 9.84. The fraction of sp³-hybridized carbons (Fsp3) is 0.625. The predicted octanol–water partition coefficient (Wildman–Crippen LogP) is 3.70. The summed E-state index contributed by atoms with van der Waals surface area (Å²) in [6, 6.07) is 9.48. The van der Waals surface area contributed by atoms with Gasteiger partial charge in [-0.1, -0.05) is 26.0 Å². The van der Waals surface area contributed by atoms with Crippen LogP contribution in [-0.2, 0) is 0 Å². The van der Waals surface area contributed by atoms with Crippen LogP contribution in [0, 0.1) is 11.8 Å². The van der Waals surface area contributed by atoms with Crippen molar-refractivity contribution in [2.24, 2.45) is 11.8 Å². The SMILES string of the molecule is CC1CC(C)C(C)N(C(C)c2ccc(N)cc2)C1. The average molecular weight is 246 g/mol. The summed E-state index contributed by atoms with van der Waals surface area (Å²) in [4.78, 5) is 2.64. The number of hydrogen-bond donors (Lipinski definition) is 1. The van der Waals surface area contributed by atoms with E-state index in [-0.39, 0.29) is 0 Å². The minimum absolute atomic E-state index is 0.478. The molecule has 2 nitrogen and oxygen atoms in total. The summed E-state index contributed by atoms with van der Waals surface area (Å²) in [6.45, 7) is 10.6. The smallest absolute Gasteiger partial charge is 0.0322 e. The summed E-state index contributed by atoms with van der Waals surface area (Å²) >= 11 is 0. The zero-order valence-corrected chi connectivity index (χ0v) is 12.1. The van der Waals surface area contributed by atoms with Crippen LogP contribution in [0.3, 0.4) is 0 Å². The minimum atomic E-state index is 0.478. The second-order valence-electron chi connectivity index (χ2n) is 6.10. The molecule has 0 spiro atoms. The highest BCUT2D eigenvalue weighted by atomic mass is 15.2. The number of hydrogen-bond acceptors (Lipinski definition) is 2. The van der Waals surface area contributed by atoms with Gasteiger partial charge in [-0.3, -0.25) is 4.90 Å². The molecule has 0 saturated carbocycles. The molecule has 2 heteroatoms. The van der Waals surface area contributed by atoms with Gasteiger partial charge in [-0.2, -0.15) is 0 Å². The maximum Gasteiger partial charge on any atom is 0.0322 e. The lowest BCUT2D eigenvalue weighted by Crippen LogP contribution is -2.46. The van der Waals surface area contributed by atoms with Crippen LogP contribution in [0.25, 0.3) is 0 Å². The van der Waals surface area contributed by atoms with Gasteiger partial charge in [-0.05, 0) is 49.8 Å². The molecule has 1 heterocycles. The summed E-state index contributed by atoms with van der Waals surface area (Å²) in [5.74, 6) is 1.58. The fourth-order valence-electron chi connectivity index (χ4n) is 3.24. The zero-order chi connectivity index (χ0) is 13.3. The molecule has 2 N–H and O–H groups in total. The van der Waals surface area contributed by atoms with Crippen LogP contribution < -0.4 is 5.73 Å². The van der Waals surface area contributed by atoms with Gasteiger partial charge in [-0.15, -0.1) is 0 Å². The van der Waals surface area contributed by atoms with Crippen LogP contribution in [-0.4, -0.2) is 17.5 Å². The predicted molar refractivity (Wildman–Crippen MR) is 78.4 cm³/mol. The van der Waals surface area contributed by atoms with Crippen molar-refractivity contribution in [2.45, 2.75) is 46.2 Å². The topological polar surface area (TPSA) is 29.3 Å². The number of piperidine rings is 1. The number of nitrogens with two attached hydrogens (primary N) is 1. The second-order valence-corrected chi connectivity index (χ2v) is 6.10. The molecule has 100 valence electrons. The van der Waals surface area contributed by atoms with E-state index < -0.39 is 0 Å². The molecule has 0 radical (unpaired) electrons. The van der Waals surface area contributed by atoms with E-state index in [0.29, 0.717) is 12.1 Å². The van der Waals surface area contributed by atoms with E-state index in [1.54, 1.807) is 0 Å². The number of nitrogen functional groups attached to an aromatic ring is 1. The van der Waals surface area contributed by atoms with Gasteiger partial charge in [0.1, 0.15) is 0 Å². The van der Waals surface area contributed by atoms with Crippen molar-refractivity contribution in [3.63, 3.8) is 0 Å². The van der Waals surface area contributed by atoms with E-state index in [9.17, 15) is 0 Å². The fourth-order valence-corrected chi connectivity index (χ4v) is 3.24. The van der Waals surface area contributed by atoms with Gasteiger partial charge in [0.25, 0.3) is 0 Å². The summed E-state index contributed by atoms with van der Waals surface area (Å²) in [5.41, 5.74) is 7.98. The number of nitrogens with zero attached hydrogens (tertiary/aromatic N) is 1. The first-order valence-electron chi connectivity index (χ1n) is 7.10. The standard InChI is InChI=1S/C16H26N2/c1-11-9-12(2)13(3)18(10-11)14(4)15-5-7-16(17)8-6-15/h5-8,11-14H,9-10,17H2,1-4H3. The number of anilines is 1. The van der Waals surface area contributed by atoms with E-state index in [1.807, 2.05) is 12.1 Å². The quantitative estimate of drug-likeness (QED) is 0.806. The third-order valence-corrected chi connectivity index (χ3v) is 4.56. The first-order chi connectivity index (χ1) is 8.49. The first-order valence-corrected chi connectivity index (χ1v) is 7.10. The van der Waals surface area contributed by atoms with E-state index in [0.717, 1.165) is 17.5 Å². The largest absolute Gasteiger partial charge is 0.399 e. The van der Waals surface area contributed by atoms with Crippen molar-refractivity contribution < 1.29 is 0 Å². The maximum atomic E-state index is 5.76. The van der Waals surface area contributed by atoms with Crippen molar-refractivity contribution in [2.75, 3.05) is 12.3 Å². The molecule has 0 amide bonds. The van der Waals surface area contributed by atoms with Gasteiger partial charge in [0.15, 0.2) is 0 Å². The van der Waals surface area contributed by atoms with Crippen LogP contribution >= 0.6 is 0 Å². The molecule has 1 saturated heterocycles. The van der Waals surface area contributed by atoms with Crippen molar-refractivity contribution in [1.29, 1.82) is 0 Å². The van der Waals surface area contributed by atoms with Crippen molar-refractivity contribution in [1.82, 2.24) is 4.90 Å². The normalized spacial score (nSPS) is 31.2. The van der Waals surface area contributed by atoms with E-state index >= 15 is 0 Å². The van der Waals surface area contributed by atoms with Gasteiger partial charge in [0.2, 0.25) is 0 Å². The second kappa shape index (κ2) is 5.31. The van der Waals surface area contributed by atoms with E-state index in [2.05, 4.69) is 44.7 Å². The van der Waals surface area contributed by atoms with Gasteiger partial charge < -0.3 is 5.73 Å². The Bertz CT molecular complexity index is 385. The van der Waals surface area contributed by atoms with Gasteiger partial charge in [-0.25, -0.2) is 0 Å². The molecule has 4 unspecified atom stereocenters. The van der Waals surface area contributed by atoms with Crippen LogP contribution in [0.5, 0.6) is 0 Å². The Labute approximate surface area is 111 Å². The molecular formula is C16H26N2. The zero-order valence-electron chi connectivity index (χ0n) is 12.1. The summed E-state index contributed by atoms with van der Waals surface area (Å²) < 4.78 is 0. The van der Waals surface area contributed by atoms with Crippen LogP contribution in [0.15, 0.2) is 24.3 Å². The molecule has 1 fully saturated rings. The molecule has 0 aliphatic carbocycles. The van der Waals surface area contributed by atoms with Crippen LogP contribution in [0.1, 0.15) is 45.7 Å². The Hall–Kier alpha value is -1.02. The Morgan fingerprint density at radius 2 is 1.78 bits per heavy atom. The minimum Gasteiger partial charge on any atom is -0.399 e. The van der Waals surface area contributed by atoms with Gasteiger partial charge in [0, 0.05) is 24.3 Å². The van der Waals surface area contributed by atoms with Crippen LogP contribution in [0.4, 0.5) is 5.69 Å². The Morgan fingerprint density at radius 3 is 2.39 bits per heavy atom. The highest BCUT2D eigenvalue weighted by Crippen LogP contribution is 2.33. The maximum absolute atomic E-state index is 5.76. The molecular weight excluding hydrogens is 220 g/mol. The summed E-state index contributed by atoms with van der Waals surface area (Å²) in [7, 11) is 0. The molecule has 4 atom stereocenters. The Morgan fingerprint density at radius 1 is 1.17 bits per heavy atom. The number of likely N-dealkylation sites (tertiary alicyclic amines) is 1. The Kier molecular flexibility index (Phi) is 3.96. The molecule has 18 heavy (non-hydrogen) atoms. The van der Waals surface area contributed by atoms with Crippen molar-refractivity contribution >= 4 is 5.69 Å².